The Morgan fingerprint density at radius 1 is 1.26 bits per heavy atom. The first kappa shape index (κ1) is 18.9. The van der Waals surface area contributed by atoms with Crippen LogP contribution in [0.3, 0.4) is 0 Å². The van der Waals surface area contributed by atoms with Gasteiger partial charge in [0.05, 0.1) is 12.3 Å². The van der Waals surface area contributed by atoms with Crippen LogP contribution in [0.2, 0.25) is 0 Å². The van der Waals surface area contributed by atoms with Gasteiger partial charge in [-0.1, -0.05) is 0 Å². The van der Waals surface area contributed by atoms with Crippen molar-refractivity contribution in [2.75, 3.05) is 11.9 Å². The molecule has 8 heteroatoms. The first-order valence-corrected chi connectivity index (χ1v) is 8.38. The van der Waals surface area contributed by atoms with Crippen molar-refractivity contribution in [3.8, 4) is 17.2 Å². The summed E-state index contributed by atoms with van der Waals surface area (Å²) in [6.07, 6.45) is -3.98. The van der Waals surface area contributed by atoms with Crippen molar-refractivity contribution in [3.05, 3.63) is 47.5 Å². The number of anilines is 1. The van der Waals surface area contributed by atoms with E-state index in [4.69, 9.17) is 9.47 Å². The molecule has 1 atom stereocenters. The van der Waals surface area contributed by atoms with Gasteiger partial charge in [-0.25, -0.2) is 0 Å². The van der Waals surface area contributed by atoms with Crippen LogP contribution in [0.5, 0.6) is 17.2 Å². The predicted molar refractivity (Wildman–Crippen MR) is 92.5 cm³/mol. The normalized spacial score (nSPS) is 15.7. The number of benzene rings is 2. The smallest absolute Gasteiger partial charge is 0.492 e. The summed E-state index contributed by atoms with van der Waals surface area (Å²) in [6.45, 7) is 4.20. The minimum atomic E-state index is -4.78. The first-order chi connectivity index (χ1) is 12.7. The molecule has 1 N–H and O–H groups in total. The van der Waals surface area contributed by atoms with E-state index in [0.717, 1.165) is 24.1 Å². The molecule has 1 heterocycles. The van der Waals surface area contributed by atoms with Crippen LogP contribution in [0, 0.1) is 0 Å². The Balaban J connectivity index is 1.78. The zero-order valence-corrected chi connectivity index (χ0v) is 14.7. The quantitative estimate of drug-likeness (QED) is 0.825. The monoisotopic (exact) mass is 381 g/mol. The third kappa shape index (κ3) is 4.64. The van der Waals surface area contributed by atoms with Crippen molar-refractivity contribution in [2.45, 2.75) is 32.7 Å². The van der Waals surface area contributed by atoms with Crippen molar-refractivity contribution in [3.63, 3.8) is 0 Å². The fourth-order valence-electron chi connectivity index (χ4n) is 2.81. The fourth-order valence-corrected chi connectivity index (χ4v) is 2.81. The lowest BCUT2D eigenvalue weighted by Crippen LogP contribution is -2.17. The van der Waals surface area contributed by atoms with Crippen molar-refractivity contribution >= 4 is 11.6 Å². The number of halogens is 3. The number of ether oxygens (including phenoxy) is 3. The van der Waals surface area contributed by atoms with Gasteiger partial charge in [0.1, 0.15) is 23.4 Å². The van der Waals surface area contributed by atoms with Gasteiger partial charge in [-0.3, -0.25) is 4.79 Å². The van der Waals surface area contributed by atoms with Crippen molar-refractivity contribution in [1.82, 2.24) is 0 Å². The van der Waals surface area contributed by atoms with E-state index in [1.165, 1.54) is 12.1 Å². The Morgan fingerprint density at radius 3 is 2.59 bits per heavy atom. The summed E-state index contributed by atoms with van der Waals surface area (Å²) in [5.74, 6) is 0.309. The van der Waals surface area contributed by atoms with E-state index in [1.54, 1.807) is 6.07 Å². The third-order valence-electron chi connectivity index (χ3n) is 3.90. The van der Waals surface area contributed by atoms with Crippen molar-refractivity contribution in [2.24, 2.45) is 0 Å². The molecule has 2 aromatic rings. The second kappa shape index (κ2) is 7.38. The molecule has 5 nitrogen and oxygen atoms in total. The topological polar surface area (TPSA) is 56.8 Å². The van der Waals surface area contributed by atoms with Gasteiger partial charge in [0.15, 0.2) is 0 Å². The van der Waals surface area contributed by atoms with Crippen LogP contribution >= 0.6 is 0 Å². The number of amides is 1. The van der Waals surface area contributed by atoms with E-state index in [-0.39, 0.29) is 11.7 Å². The van der Waals surface area contributed by atoms with E-state index in [0.29, 0.717) is 23.8 Å². The molecule has 27 heavy (non-hydrogen) atoms. The van der Waals surface area contributed by atoms with Crippen LogP contribution in [-0.2, 0) is 6.42 Å². The number of hydrogen-bond donors (Lipinski definition) is 1. The minimum Gasteiger partial charge on any atom is -0.492 e. The highest BCUT2D eigenvalue weighted by atomic mass is 19.4. The van der Waals surface area contributed by atoms with E-state index in [2.05, 4.69) is 10.1 Å². The van der Waals surface area contributed by atoms with Crippen LogP contribution in [0.15, 0.2) is 36.4 Å². The standard InChI is InChI=1S/C19H18F3NO4/c1-3-25-17-9-13-8-11(2)26-16(13)10-15(17)23-18(24)12-4-6-14(7-5-12)27-19(20,21)22/h4-7,9-11H,3,8H2,1-2H3,(H,23,24). The summed E-state index contributed by atoms with van der Waals surface area (Å²) >= 11 is 0. The number of alkyl halides is 3. The highest BCUT2D eigenvalue weighted by Gasteiger charge is 2.31. The van der Waals surface area contributed by atoms with Gasteiger partial charge in [0, 0.05) is 23.6 Å². The lowest BCUT2D eigenvalue weighted by molar-refractivity contribution is -0.274. The summed E-state index contributed by atoms with van der Waals surface area (Å²) in [5.41, 5.74) is 1.62. The molecule has 3 rings (SSSR count). The zero-order valence-electron chi connectivity index (χ0n) is 14.7. The van der Waals surface area contributed by atoms with Gasteiger partial charge in [-0.2, -0.15) is 0 Å². The van der Waals surface area contributed by atoms with Gasteiger partial charge >= 0.3 is 6.36 Å². The van der Waals surface area contributed by atoms with Gasteiger partial charge in [-0.15, -0.1) is 13.2 Å². The van der Waals surface area contributed by atoms with Crippen molar-refractivity contribution < 1.29 is 32.2 Å². The molecule has 1 aliphatic rings. The molecule has 1 unspecified atom stereocenters. The molecule has 0 radical (unpaired) electrons. The maximum Gasteiger partial charge on any atom is 0.573 e. The Hall–Kier alpha value is -2.90. The summed E-state index contributed by atoms with van der Waals surface area (Å²) in [5, 5.41) is 2.72. The SMILES string of the molecule is CCOc1cc2c(cc1NC(=O)c1ccc(OC(F)(F)F)cc1)OC(C)C2. The Labute approximate surface area is 154 Å². The van der Waals surface area contributed by atoms with Gasteiger partial charge in [0.25, 0.3) is 5.91 Å². The average molecular weight is 381 g/mol. The van der Waals surface area contributed by atoms with Crippen LogP contribution in [0.1, 0.15) is 29.8 Å². The number of fused-ring (bicyclic) bond motifs is 1. The molecule has 0 aliphatic carbocycles. The van der Waals surface area contributed by atoms with Crippen LogP contribution in [0.25, 0.3) is 0 Å². The lowest BCUT2D eigenvalue weighted by Gasteiger charge is -2.14. The first-order valence-electron chi connectivity index (χ1n) is 8.38. The summed E-state index contributed by atoms with van der Waals surface area (Å²) in [7, 11) is 0. The Morgan fingerprint density at radius 2 is 1.96 bits per heavy atom. The lowest BCUT2D eigenvalue weighted by atomic mass is 10.1. The summed E-state index contributed by atoms with van der Waals surface area (Å²) < 4.78 is 51.7. The van der Waals surface area contributed by atoms with Gasteiger partial charge in [0.2, 0.25) is 0 Å². The molecule has 0 spiro atoms. The molecule has 1 amide bonds. The van der Waals surface area contributed by atoms with Gasteiger partial charge < -0.3 is 19.5 Å². The second-order valence-electron chi connectivity index (χ2n) is 6.05. The minimum absolute atomic E-state index is 0.0432. The van der Waals surface area contributed by atoms with E-state index >= 15 is 0 Å². The number of rotatable bonds is 5. The maximum atomic E-state index is 12.5. The maximum absolute atomic E-state index is 12.5. The number of nitrogens with one attached hydrogen (secondary N) is 1. The third-order valence-corrected chi connectivity index (χ3v) is 3.90. The highest BCUT2D eigenvalue weighted by molar-refractivity contribution is 6.05. The van der Waals surface area contributed by atoms with E-state index in [9.17, 15) is 18.0 Å². The molecule has 0 bridgehead atoms. The van der Waals surface area contributed by atoms with Crippen LogP contribution in [0.4, 0.5) is 18.9 Å². The predicted octanol–water partition coefficient (Wildman–Crippen LogP) is 4.56. The van der Waals surface area contributed by atoms with E-state index < -0.39 is 18.0 Å². The van der Waals surface area contributed by atoms with Gasteiger partial charge in [-0.05, 0) is 44.2 Å². The molecule has 144 valence electrons. The largest absolute Gasteiger partial charge is 0.573 e. The highest BCUT2D eigenvalue weighted by Crippen LogP contribution is 2.38. The van der Waals surface area contributed by atoms with Crippen LogP contribution in [-0.4, -0.2) is 25.0 Å². The molecular weight excluding hydrogens is 363 g/mol. The Bertz CT molecular complexity index is 834. The molecule has 0 saturated carbocycles. The van der Waals surface area contributed by atoms with Crippen LogP contribution < -0.4 is 19.5 Å². The zero-order chi connectivity index (χ0) is 19.6. The number of carbonyl (C=O) groups excluding carboxylic acids is 1. The molecule has 0 fully saturated rings. The Kier molecular flexibility index (Phi) is 5.16. The molecule has 2 aromatic carbocycles. The summed E-state index contributed by atoms with van der Waals surface area (Å²) in [4.78, 5) is 12.5. The summed E-state index contributed by atoms with van der Waals surface area (Å²) in [6, 6.07) is 8.20. The molecular formula is C19H18F3NO4. The van der Waals surface area contributed by atoms with E-state index in [1.807, 2.05) is 19.9 Å². The molecule has 0 aromatic heterocycles. The second-order valence-corrected chi connectivity index (χ2v) is 6.05. The average Bonchev–Trinajstić information content (AvgIpc) is 2.93. The fraction of sp³-hybridized carbons (Fsp3) is 0.316. The van der Waals surface area contributed by atoms with Crippen molar-refractivity contribution in [1.29, 1.82) is 0 Å². The molecule has 0 saturated heterocycles. The number of hydrogen-bond acceptors (Lipinski definition) is 4. The molecule has 1 aliphatic heterocycles. The number of carbonyl (C=O) groups is 1.